The summed E-state index contributed by atoms with van der Waals surface area (Å²) in [4.78, 5) is 0. The molecule has 4 heteroatoms. The van der Waals surface area contributed by atoms with Crippen LogP contribution in [0, 0.1) is 0 Å². The summed E-state index contributed by atoms with van der Waals surface area (Å²) in [5.74, 6) is 0. The second-order valence-electron chi connectivity index (χ2n) is 6.94. The van der Waals surface area contributed by atoms with Crippen molar-refractivity contribution in [2.24, 2.45) is 0 Å². The van der Waals surface area contributed by atoms with E-state index in [4.69, 9.17) is 0 Å². The summed E-state index contributed by atoms with van der Waals surface area (Å²) in [5.41, 5.74) is -1.46. The minimum absolute atomic E-state index is 0.409. The molecule has 0 saturated carbocycles. The average molecular weight is 276 g/mol. The van der Waals surface area contributed by atoms with Gasteiger partial charge in [0.1, 0.15) is 0 Å². The first kappa shape index (κ1) is 18.8. The minimum Gasteiger partial charge on any atom is -0.393 e. The Morgan fingerprint density at radius 1 is 0.684 bits per heavy atom. The summed E-state index contributed by atoms with van der Waals surface area (Å²) in [6.45, 7) is 6.94. The van der Waals surface area contributed by atoms with Crippen LogP contribution in [0.2, 0.25) is 0 Å². The summed E-state index contributed by atoms with van der Waals surface area (Å²) in [5, 5.41) is 38.6. The molecule has 2 unspecified atom stereocenters. The van der Waals surface area contributed by atoms with Gasteiger partial charge in [0.15, 0.2) is 0 Å². The topological polar surface area (TPSA) is 80.9 Å². The molecule has 0 radical (unpaired) electrons. The molecule has 0 amide bonds. The van der Waals surface area contributed by atoms with Crippen LogP contribution in [0.25, 0.3) is 0 Å². The van der Waals surface area contributed by atoms with E-state index in [1.165, 1.54) is 0 Å². The Hall–Kier alpha value is -0.160. The highest BCUT2D eigenvalue weighted by Gasteiger charge is 2.17. The van der Waals surface area contributed by atoms with Crippen LogP contribution >= 0.6 is 0 Å². The van der Waals surface area contributed by atoms with E-state index in [2.05, 4.69) is 0 Å². The maximum atomic E-state index is 9.75. The molecule has 4 N–H and O–H groups in total. The van der Waals surface area contributed by atoms with Crippen molar-refractivity contribution in [2.75, 3.05) is 0 Å². The number of rotatable bonds is 10. The van der Waals surface area contributed by atoms with Crippen molar-refractivity contribution in [2.45, 2.75) is 96.1 Å². The fourth-order valence-electron chi connectivity index (χ4n) is 1.92. The van der Waals surface area contributed by atoms with Crippen LogP contribution in [0.5, 0.6) is 0 Å². The molecule has 0 aromatic heterocycles. The molecule has 0 fully saturated rings. The Balaban J connectivity index is 3.61. The van der Waals surface area contributed by atoms with Crippen LogP contribution in [-0.4, -0.2) is 43.8 Å². The molecule has 0 aliphatic heterocycles. The standard InChI is InChI=1S/C15H32O4/c1-14(2,18)10-8-12(16)6-5-7-13(17)9-11-15(3,4)19/h12-13,16-19H,5-11H2,1-4H3. The monoisotopic (exact) mass is 276 g/mol. The summed E-state index contributed by atoms with van der Waals surface area (Å²) < 4.78 is 0. The zero-order valence-corrected chi connectivity index (χ0v) is 12.9. The SMILES string of the molecule is CC(C)(O)CCC(O)CCCC(O)CCC(C)(C)O. The molecule has 116 valence electrons. The van der Waals surface area contributed by atoms with Gasteiger partial charge in [0, 0.05) is 0 Å². The first-order valence-corrected chi connectivity index (χ1v) is 7.30. The smallest absolute Gasteiger partial charge is 0.0592 e. The van der Waals surface area contributed by atoms with Crippen LogP contribution in [0.3, 0.4) is 0 Å². The second kappa shape index (κ2) is 8.20. The highest BCUT2D eigenvalue weighted by molar-refractivity contribution is 4.70. The van der Waals surface area contributed by atoms with Crippen molar-refractivity contribution in [1.29, 1.82) is 0 Å². The van der Waals surface area contributed by atoms with Gasteiger partial charge in [-0.15, -0.1) is 0 Å². The second-order valence-corrected chi connectivity index (χ2v) is 6.94. The lowest BCUT2D eigenvalue weighted by Crippen LogP contribution is -2.22. The van der Waals surface area contributed by atoms with E-state index < -0.39 is 23.4 Å². The van der Waals surface area contributed by atoms with Crippen molar-refractivity contribution in [3.8, 4) is 0 Å². The highest BCUT2D eigenvalue weighted by atomic mass is 16.3. The first-order valence-electron chi connectivity index (χ1n) is 7.30. The Morgan fingerprint density at radius 2 is 1.00 bits per heavy atom. The Labute approximate surface area is 117 Å². The molecule has 19 heavy (non-hydrogen) atoms. The molecule has 0 bridgehead atoms. The molecule has 0 spiro atoms. The Bertz CT molecular complexity index is 203. The predicted molar refractivity (Wildman–Crippen MR) is 76.9 cm³/mol. The lowest BCUT2D eigenvalue weighted by molar-refractivity contribution is 0.0403. The summed E-state index contributed by atoms with van der Waals surface area (Å²) in [7, 11) is 0. The molecule has 0 rings (SSSR count). The number of hydrogen-bond acceptors (Lipinski definition) is 4. The predicted octanol–water partition coefficient (Wildman–Crippen LogP) is 1.98. The normalized spacial score (nSPS) is 16.4. The molecule has 0 aromatic rings. The Morgan fingerprint density at radius 3 is 1.26 bits per heavy atom. The quantitative estimate of drug-likeness (QED) is 0.492. The molecule has 2 atom stereocenters. The molecule has 0 aliphatic rings. The molecule has 0 saturated heterocycles. The number of hydrogen-bond donors (Lipinski definition) is 4. The van der Waals surface area contributed by atoms with Crippen molar-refractivity contribution >= 4 is 0 Å². The van der Waals surface area contributed by atoms with Crippen LogP contribution < -0.4 is 0 Å². The average Bonchev–Trinajstić information content (AvgIpc) is 2.22. The van der Waals surface area contributed by atoms with Gasteiger partial charge in [-0.05, 0) is 72.6 Å². The van der Waals surface area contributed by atoms with Crippen LogP contribution in [0.4, 0.5) is 0 Å². The van der Waals surface area contributed by atoms with Gasteiger partial charge in [0.25, 0.3) is 0 Å². The van der Waals surface area contributed by atoms with Gasteiger partial charge in [-0.3, -0.25) is 0 Å². The first-order chi connectivity index (χ1) is 8.49. The van der Waals surface area contributed by atoms with Crippen molar-refractivity contribution in [3.63, 3.8) is 0 Å². The van der Waals surface area contributed by atoms with E-state index in [9.17, 15) is 20.4 Å². The molecule has 0 heterocycles. The van der Waals surface area contributed by atoms with E-state index in [1.54, 1.807) is 27.7 Å². The third-order valence-electron chi connectivity index (χ3n) is 3.25. The molecular formula is C15H32O4. The third kappa shape index (κ3) is 14.1. The van der Waals surface area contributed by atoms with Gasteiger partial charge >= 0.3 is 0 Å². The van der Waals surface area contributed by atoms with Gasteiger partial charge in [-0.25, -0.2) is 0 Å². The number of aliphatic hydroxyl groups is 4. The highest BCUT2D eigenvalue weighted by Crippen LogP contribution is 2.18. The zero-order valence-electron chi connectivity index (χ0n) is 12.9. The summed E-state index contributed by atoms with van der Waals surface area (Å²) >= 11 is 0. The lowest BCUT2D eigenvalue weighted by atomic mass is 9.95. The van der Waals surface area contributed by atoms with Crippen molar-refractivity contribution in [3.05, 3.63) is 0 Å². The summed E-state index contributed by atoms with van der Waals surface area (Å²) in [6, 6.07) is 0. The fourth-order valence-corrected chi connectivity index (χ4v) is 1.92. The van der Waals surface area contributed by atoms with Crippen molar-refractivity contribution in [1.82, 2.24) is 0 Å². The van der Waals surface area contributed by atoms with E-state index in [-0.39, 0.29) is 0 Å². The van der Waals surface area contributed by atoms with Gasteiger partial charge in [-0.2, -0.15) is 0 Å². The number of aliphatic hydroxyl groups excluding tert-OH is 2. The Kier molecular flexibility index (Phi) is 8.13. The van der Waals surface area contributed by atoms with Crippen LogP contribution in [0.1, 0.15) is 72.6 Å². The van der Waals surface area contributed by atoms with Crippen LogP contribution in [0.15, 0.2) is 0 Å². The van der Waals surface area contributed by atoms with Gasteiger partial charge in [0.05, 0.1) is 23.4 Å². The molecule has 0 aliphatic carbocycles. The van der Waals surface area contributed by atoms with Crippen LogP contribution in [-0.2, 0) is 0 Å². The summed E-state index contributed by atoms with van der Waals surface area (Å²) in [6.07, 6.45) is 3.57. The lowest BCUT2D eigenvalue weighted by Gasteiger charge is -2.20. The zero-order chi connectivity index (χ0) is 15.1. The maximum Gasteiger partial charge on any atom is 0.0592 e. The van der Waals surface area contributed by atoms with E-state index in [0.717, 1.165) is 6.42 Å². The largest absolute Gasteiger partial charge is 0.393 e. The van der Waals surface area contributed by atoms with E-state index in [1.807, 2.05) is 0 Å². The van der Waals surface area contributed by atoms with E-state index >= 15 is 0 Å². The van der Waals surface area contributed by atoms with Crippen molar-refractivity contribution < 1.29 is 20.4 Å². The minimum atomic E-state index is -0.729. The third-order valence-corrected chi connectivity index (χ3v) is 3.25. The fraction of sp³-hybridized carbons (Fsp3) is 1.00. The molecular weight excluding hydrogens is 244 g/mol. The van der Waals surface area contributed by atoms with E-state index in [0.29, 0.717) is 38.5 Å². The molecule has 0 aromatic carbocycles. The van der Waals surface area contributed by atoms with Gasteiger partial charge in [-0.1, -0.05) is 0 Å². The maximum absolute atomic E-state index is 9.75. The van der Waals surface area contributed by atoms with Gasteiger partial charge in [0.2, 0.25) is 0 Å². The molecule has 4 nitrogen and oxygen atoms in total. The van der Waals surface area contributed by atoms with Gasteiger partial charge < -0.3 is 20.4 Å².